The number of piperidine rings is 1. The fourth-order valence-electron chi connectivity index (χ4n) is 4.29. The lowest BCUT2D eigenvalue weighted by Gasteiger charge is -2.28. The van der Waals surface area contributed by atoms with Crippen molar-refractivity contribution in [2.45, 2.75) is 44.6 Å². The van der Waals surface area contributed by atoms with E-state index in [2.05, 4.69) is 25.8 Å². The monoisotopic (exact) mass is 331 g/mol. The van der Waals surface area contributed by atoms with Crippen LogP contribution in [0.1, 0.15) is 44.6 Å². The van der Waals surface area contributed by atoms with E-state index in [-0.39, 0.29) is 5.91 Å². The van der Waals surface area contributed by atoms with Gasteiger partial charge >= 0.3 is 0 Å². The van der Waals surface area contributed by atoms with Gasteiger partial charge in [0.2, 0.25) is 5.91 Å². The number of aromatic nitrogens is 2. The Labute approximate surface area is 144 Å². The number of carbonyl (C=O) groups is 1. The number of anilines is 1. The van der Waals surface area contributed by atoms with Gasteiger partial charge in [-0.2, -0.15) is 5.10 Å². The van der Waals surface area contributed by atoms with E-state index < -0.39 is 0 Å². The Morgan fingerprint density at radius 1 is 1.00 bits per heavy atom. The molecular weight excluding hydrogens is 302 g/mol. The van der Waals surface area contributed by atoms with Crippen molar-refractivity contribution in [2.24, 2.45) is 0 Å². The third kappa shape index (κ3) is 3.49. The van der Waals surface area contributed by atoms with E-state index in [1.165, 1.54) is 45.4 Å². The smallest absolute Gasteiger partial charge is 0.227 e. The topological polar surface area (TPSA) is 44.6 Å². The fourth-order valence-corrected chi connectivity index (χ4v) is 4.29. The maximum atomic E-state index is 11.9. The molecule has 0 aliphatic carbocycles. The highest BCUT2D eigenvalue weighted by atomic mass is 16.2. The van der Waals surface area contributed by atoms with Crippen LogP contribution in [0.2, 0.25) is 0 Å². The summed E-state index contributed by atoms with van der Waals surface area (Å²) >= 11 is 0. The summed E-state index contributed by atoms with van der Waals surface area (Å²) in [5.74, 6) is 0.240. The van der Waals surface area contributed by atoms with Gasteiger partial charge in [-0.1, -0.05) is 6.42 Å². The molecule has 4 rings (SSSR count). The highest BCUT2D eigenvalue weighted by Crippen LogP contribution is 2.25. The maximum absolute atomic E-state index is 11.9. The summed E-state index contributed by atoms with van der Waals surface area (Å²) in [6.07, 6.45) is 10.9. The maximum Gasteiger partial charge on any atom is 0.227 e. The zero-order valence-electron chi connectivity index (χ0n) is 14.6. The van der Waals surface area contributed by atoms with Crippen LogP contribution in [0.5, 0.6) is 0 Å². The molecule has 0 N–H and O–H groups in total. The number of nitrogens with zero attached hydrogens (tertiary/aromatic N) is 5. The average molecular weight is 331 g/mol. The van der Waals surface area contributed by atoms with Crippen molar-refractivity contribution in [1.29, 1.82) is 0 Å². The highest BCUT2D eigenvalue weighted by Gasteiger charge is 2.27. The van der Waals surface area contributed by atoms with Gasteiger partial charge in [0.15, 0.2) is 0 Å². The minimum absolute atomic E-state index is 0.240. The van der Waals surface area contributed by atoms with Crippen molar-refractivity contribution in [3.63, 3.8) is 0 Å². The molecule has 1 aromatic rings. The molecule has 3 aliphatic rings. The fraction of sp³-hybridized carbons (Fsp3) is 0.778. The molecule has 0 aromatic carbocycles. The quantitative estimate of drug-likeness (QED) is 0.824. The molecule has 3 fully saturated rings. The van der Waals surface area contributed by atoms with E-state index in [1.807, 2.05) is 11.1 Å². The Kier molecular flexibility index (Phi) is 4.85. The molecular formula is C18H29N5O. The lowest BCUT2D eigenvalue weighted by molar-refractivity contribution is -0.117. The highest BCUT2D eigenvalue weighted by molar-refractivity contribution is 5.95. The largest absolute Gasteiger partial charge is 0.309 e. The van der Waals surface area contributed by atoms with Crippen molar-refractivity contribution in [3.05, 3.63) is 12.4 Å². The van der Waals surface area contributed by atoms with Gasteiger partial charge in [0.05, 0.1) is 17.9 Å². The Morgan fingerprint density at radius 3 is 2.62 bits per heavy atom. The predicted octanol–water partition coefficient (Wildman–Crippen LogP) is 1.74. The number of amides is 1. The summed E-state index contributed by atoms with van der Waals surface area (Å²) in [7, 11) is 0. The van der Waals surface area contributed by atoms with Gasteiger partial charge < -0.3 is 9.80 Å². The molecule has 0 bridgehead atoms. The van der Waals surface area contributed by atoms with Crippen LogP contribution in [0.25, 0.3) is 0 Å². The van der Waals surface area contributed by atoms with Crippen molar-refractivity contribution in [3.8, 4) is 0 Å². The summed E-state index contributed by atoms with van der Waals surface area (Å²) in [5, 5.41) is 4.55. The zero-order valence-corrected chi connectivity index (χ0v) is 14.6. The number of hydrogen-bond donors (Lipinski definition) is 0. The molecule has 0 spiro atoms. The van der Waals surface area contributed by atoms with Gasteiger partial charge in [-0.05, 0) is 38.8 Å². The van der Waals surface area contributed by atoms with Crippen molar-refractivity contribution < 1.29 is 4.79 Å². The van der Waals surface area contributed by atoms with Gasteiger partial charge in [0.25, 0.3) is 0 Å². The summed E-state index contributed by atoms with van der Waals surface area (Å²) in [4.78, 5) is 18.9. The number of likely N-dealkylation sites (tertiary alicyclic amines) is 2. The van der Waals surface area contributed by atoms with Crippen LogP contribution in [0.15, 0.2) is 12.4 Å². The molecule has 4 heterocycles. The first kappa shape index (κ1) is 16.1. The van der Waals surface area contributed by atoms with Gasteiger partial charge in [0, 0.05) is 45.3 Å². The van der Waals surface area contributed by atoms with Gasteiger partial charge in [-0.3, -0.25) is 14.4 Å². The first-order valence-electron chi connectivity index (χ1n) is 9.59. The molecule has 6 nitrogen and oxygen atoms in total. The summed E-state index contributed by atoms with van der Waals surface area (Å²) in [5.41, 5.74) is 0.976. The predicted molar refractivity (Wildman–Crippen MR) is 94.2 cm³/mol. The number of rotatable bonds is 5. The molecule has 132 valence electrons. The second kappa shape index (κ2) is 7.23. The Hall–Kier alpha value is -1.40. The molecule has 3 saturated heterocycles. The second-order valence-electron chi connectivity index (χ2n) is 7.47. The Balaban J connectivity index is 1.28. The van der Waals surface area contributed by atoms with Crippen LogP contribution in [0.3, 0.4) is 0 Å². The van der Waals surface area contributed by atoms with Crippen LogP contribution in [-0.4, -0.2) is 71.3 Å². The Morgan fingerprint density at radius 2 is 1.83 bits per heavy atom. The summed E-state index contributed by atoms with van der Waals surface area (Å²) < 4.78 is 2.09. The zero-order chi connectivity index (χ0) is 16.4. The molecule has 6 heteroatoms. The van der Waals surface area contributed by atoms with E-state index in [0.29, 0.717) is 12.5 Å². The van der Waals surface area contributed by atoms with Gasteiger partial charge in [-0.15, -0.1) is 0 Å². The molecule has 3 aliphatic heterocycles. The van der Waals surface area contributed by atoms with E-state index in [4.69, 9.17) is 0 Å². The number of carbonyl (C=O) groups excluding carboxylic acids is 1. The SMILES string of the molecule is O=C1CCCN1c1cnn(C2CCN(CCN3CCCCC3)C2)c1. The molecule has 24 heavy (non-hydrogen) atoms. The summed E-state index contributed by atoms with van der Waals surface area (Å²) in [6.45, 7) is 8.04. The lowest BCUT2D eigenvalue weighted by Crippen LogP contribution is -2.37. The van der Waals surface area contributed by atoms with E-state index in [0.717, 1.165) is 38.2 Å². The first-order chi connectivity index (χ1) is 11.8. The third-order valence-electron chi connectivity index (χ3n) is 5.78. The minimum Gasteiger partial charge on any atom is -0.309 e. The second-order valence-corrected chi connectivity index (χ2v) is 7.47. The summed E-state index contributed by atoms with van der Waals surface area (Å²) in [6, 6.07) is 0.456. The lowest BCUT2D eigenvalue weighted by atomic mass is 10.1. The first-order valence-corrected chi connectivity index (χ1v) is 9.59. The minimum atomic E-state index is 0.240. The third-order valence-corrected chi connectivity index (χ3v) is 5.78. The average Bonchev–Trinajstić information content (AvgIpc) is 3.33. The van der Waals surface area contributed by atoms with Gasteiger partial charge in [0.1, 0.15) is 0 Å². The molecule has 1 atom stereocenters. The molecule has 0 saturated carbocycles. The van der Waals surface area contributed by atoms with Crippen LogP contribution in [-0.2, 0) is 4.79 Å². The molecule has 0 radical (unpaired) electrons. The molecule has 1 unspecified atom stereocenters. The van der Waals surface area contributed by atoms with Crippen LogP contribution in [0.4, 0.5) is 5.69 Å². The molecule has 1 amide bonds. The van der Waals surface area contributed by atoms with Crippen LogP contribution in [0, 0.1) is 0 Å². The van der Waals surface area contributed by atoms with Crippen molar-refractivity contribution in [1.82, 2.24) is 19.6 Å². The normalized spacial score (nSPS) is 26.6. The van der Waals surface area contributed by atoms with Crippen LogP contribution >= 0.6 is 0 Å². The van der Waals surface area contributed by atoms with Crippen molar-refractivity contribution >= 4 is 11.6 Å². The Bertz CT molecular complexity index is 566. The van der Waals surface area contributed by atoms with Gasteiger partial charge in [-0.25, -0.2) is 0 Å². The van der Waals surface area contributed by atoms with Crippen molar-refractivity contribution in [2.75, 3.05) is 50.7 Å². The van der Waals surface area contributed by atoms with E-state index in [1.54, 1.807) is 0 Å². The molecule has 1 aromatic heterocycles. The standard InChI is InChI=1S/C18H29N5O/c24-18-5-4-9-22(18)17-13-19-23(15-17)16-6-10-21(14-16)12-11-20-7-2-1-3-8-20/h13,15-16H,1-12,14H2. The van der Waals surface area contributed by atoms with E-state index >= 15 is 0 Å². The van der Waals surface area contributed by atoms with Crippen LogP contribution < -0.4 is 4.90 Å². The van der Waals surface area contributed by atoms with E-state index in [9.17, 15) is 4.79 Å². The number of hydrogen-bond acceptors (Lipinski definition) is 4.